The zero-order valence-corrected chi connectivity index (χ0v) is 9.80. The van der Waals surface area contributed by atoms with Crippen LogP contribution in [-0.2, 0) is 17.9 Å². The van der Waals surface area contributed by atoms with E-state index in [1.165, 1.54) is 17.3 Å². The fourth-order valence-corrected chi connectivity index (χ4v) is 2.51. The van der Waals surface area contributed by atoms with E-state index >= 15 is 0 Å². The molecule has 0 bridgehead atoms. The molecule has 3 rings (SSSR count). The third kappa shape index (κ3) is 2.08. The van der Waals surface area contributed by atoms with Crippen LogP contribution >= 0.6 is 0 Å². The Bertz CT molecular complexity index is 512. The predicted octanol–water partition coefficient (Wildman–Crippen LogP) is 2.31. The molecule has 1 saturated heterocycles. The van der Waals surface area contributed by atoms with Crippen LogP contribution in [0.4, 0.5) is 0 Å². The summed E-state index contributed by atoms with van der Waals surface area (Å²) in [5.74, 6) is 0. The van der Waals surface area contributed by atoms with E-state index in [4.69, 9.17) is 9.84 Å². The van der Waals surface area contributed by atoms with E-state index in [2.05, 4.69) is 22.9 Å². The minimum absolute atomic E-state index is 0.104. The number of aliphatic hydroxyl groups excluding tert-OH is 1. The van der Waals surface area contributed by atoms with Crippen molar-refractivity contribution in [2.45, 2.75) is 32.1 Å². The van der Waals surface area contributed by atoms with Crippen molar-refractivity contribution < 1.29 is 9.84 Å². The molecular formula is C14H17NO2. The van der Waals surface area contributed by atoms with Gasteiger partial charge < -0.3 is 14.4 Å². The summed E-state index contributed by atoms with van der Waals surface area (Å²) >= 11 is 0. The van der Waals surface area contributed by atoms with Gasteiger partial charge in [0.25, 0.3) is 0 Å². The minimum atomic E-state index is 0.104. The van der Waals surface area contributed by atoms with Crippen molar-refractivity contribution in [3.05, 3.63) is 36.0 Å². The Morgan fingerprint density at radius 3 is 3.06 bits per heavy atom. The van der Waals surface area contributed by atoms with E-state index in [-0.39, 0.29) is 6.61 Å². The van der Waals surface area contributed by atoms with Crippen molar-refractivity contribution in [2.24, 2.45) is 0 Å². The first-order chi connectivity index (χ1) is 8.36. The van der Waals surface area contributed by atoms with Gasteiger partial charge in [0.05, 0.1) is 12.7 Å². The Labute approximate surface area is 101 Å². The summed E-state index contributed by atoms with van der Waals surface area (Å²) in [5, 5.41) is 10.3. The van der Waals surface area contributed by atoms with Crippen LogP contribution in [0.5, 0.6) is 0 Å². The van der Waals surface area contributed by atoms with Crippen molar-refractivity contribution in [3.8, 4) is 0 Å². The summed E-state index contributed by atoms with van der Waals surface area (Å²) in [4.78, 5) is 0. The van der Waals surface area contributed by atoms with Crippen LogP contribution in [0.3, 0.4) is 0 Å². The van der Waals surface area contributed by atoms with Crippen LogP contribution in [-0.4, -0.2) is 22.4 Å². The van der Waals surface area contributed by atoms with Gasteiger partial charge in [-0.05, 0) is 42.0 Å². The lowest BCUT2D eigenvalue weighted by atomic mass is 10.1. The number of fused-ring (bicyclic) bond motifs is 1. The van der Waals surface area contributed by atoms with E-state index in [0.717, 1.165) is 25.1 Å². The van der Waals surface area contributed by atoms with Gasteiger partial charge in [-0.2, -0.15) is 0 Å². The largest absolute Gasteiger partial charge is 0.392 e. The van der Waals surface area contributed by atoms with Crippen LogP contribution in [0.1, 0.15) is 18.4 Å². The fourth-order valence-electron chi connectivity index (χ4n) is 2.51. The van der Waals surface area contributed by atoms with Gasteiger partial charge in [0.2, 0.25) is 0 Å². The molecule has 3 heteroatoms. The zero-order chi connectivity index (χ0) is 11.7. The molecule has 0 aliphatic carbocycles. The van der Waals surface area contributed by atoms with Crippen LogP contribution in [0.25, 0.3) is 10.9 Å². The van der Waals surface area contributed by atoms with Crippen molar-refractivity contribution in [1.29, 1.82) is 0 Å². The molecule has 0 amide bonds. The van der Waals surface area contributed by atoms with Crippen molar-refractivity contribution in [2.75, 3.05) is 6.61 Å². The number of benzene rings is 1. The Morgan fingerprint density at radius 1 is 1.35 bits per heavy atom. The highest BCUT2D eigenvalue weighted by atomic mass is 16.5. The van der Waals surface area contributed by atoms with Crippen molar-refractivity contribution in [1.82, 2.24) is 4.57 Å². The van der Waals surface area contributed by atoms with E-state index < -0.39 is 0 Å². The minimum Gasteiger partial charge on any atom is -0.392 e. The van der Waals surface area contributed by atoms with Gasteiger partial charge in [-0.15, -0.1) is 0 Å². The lowest BCUT2D eigenvalue weighted by molar-refractivity contribution is 0.0980. The second-order valence-electron chi connectivity index (χ2n) is 4.65. The van der Waals surface area contributed by atoms with Crippen molar-refractivity contribution >= 4 is 10.9 Å². The quantitative estimate of drug-likeness (QED) is 0.879. The molecule has 0 saturated carbocycles. The van der Waals surface area contributed by atoms with Crippen LogP contribution in [0.15, 0.2) is 30.5 Å². The van der Waals surface area contributed by atoms with E-state index in [1.807, 2.05) is 12.1 Å². The number of ether oxygens (including phenoxy) is 1. The summed E-state index contributed by atoms with van der Waals surface area (Å²) in [6.07, 6.45) is 4.81. The molecule has 1 aromatic heterocycles. The monoisotopic (exact) mass is 231 g/mol. The molecule has 1 aliphatic rings. The van der Waals surface area contributed by atoms with Gasteiger partial charge in [-0.25, -0.2) is 0 Å². The number of aliphatic hydroxyl groups is 1. The average molecular weight is 231 g/mol. The number of rotatable bonds is 3. The highest BCUT2D eigenvalue weighted by molar-refractivity contribution is 5.80. The topological polar surface area (TPSA) is 34.4 Å². The first-order valence-electron chi connectivity index (χ1n) is 6.17. The molecule has 90 valence electrons. The van der Waals surface area contributed by atoms with Gasteiger partial charge in [0.1, 0.15) is 0 Å². The normalized spacial score (nSPS) is 20.2. The molecule has 3 nitrogen and oxygen atoms in total. The summed E-state index contributed by atoms with van der Waals surface area (Å²) in [5.41, 5.74) is 2.19. The molecule has 0 spiro atoms. The first kappa shape index (κ1) is 10.8. The Hall–Kier alpha value is -1.32. The maximum absolute atomic E-state index is 9.11. The van der Waals surface area contributed by atoms with Gasteiger partial charge in [0, 0.05) is 24.9 Å². The fraction of sp³-hybridized carbons (Fsp3) is 0.429. The second-order valence-corrected chi connectivity index (χ2v) is 4.65. The Morgan fingerprint density at radius 2 is 2.29 bits per heavy atom. The average Bonchev–Trinajstić information content (AvgIpc) is 2.99. The standard InChI is InChI=1S/C14H17NO2/c16-10-11-3-4-14-12(8-11)5-6-15(14)9-13-2-1-7-17-13/h3-6,8,13,16H,1-2,7,9-10H2. The smallest absolute Gasteiger partial charge is 0.0754 e. The summed E-state index contributed by atoms with van der Waals surface area (Å²) in [7, 11) is 0. The number of nitrogens with zero attached hydrogens (tertiary/aromatic N) is 1. The highest BCUT2D eigenvalue weighted by Crippen LogP contribution is 2.21. The lowest BCUT2D eigenvalue weighted by Crippen LogP contribution is -2.13. The molecule has 1 aromatic carbocycles. The van der Waals surface area contributed by atoms with Gasteiger partial charge in [-0.3, -0.25) is 0 Å². The maximum atomic E-state index is 9.11. The Kier molecular flexibility index (Phi) is 2.87. The van der Waals surface area contributed by atoms with E-state index in [0.29, 0.717) is 6.10 Å². The van der Waals surface area contributed by atoms with Crippen LogP contribution in [0.2, 0.25) is 0 Å². The molecule has 2 aromatic rings. The second kappa shape index (κ2) is 4.51. The number of aromatic nitrogens is 1. The highest BCUT2D eigenvalue weighted by Gasteiger charge is 2.16. The molecule has 1 aliphatic heterocycles. The molecular weight excluding hydrogens is 214 g/mol. The SMILES string of the molecule is OCc1ccc2c(ccn2CC2CCCO2)c1. The van der Waals surface area contributed by atoms with Gasteiger partial charge >= 0.3 is 0 Å². The number of hydrogen-bond acceptors (Lipinski definition) is 2. The van der Waals surface area contributed by atoms with Crippen LogP contribution < -0.4 is 0 Å². The first-order valence-corrected chi connectivity index (χ1v) is 6.17. The summed E-state index contributed by atoms with van der Waals surface area (Å²) < 4.78 is 7.90. The van der Waals surface area contributed by atoms with Crippen LogP contribution in [0, 0.1) is 0 Å². The molecule has 2 heterocycles. The lowest BCUT2D eigenvalue weighted by Gasteiger charge is -2.11. The molecule has 1 unspecified atom stereocenters. The Balaban J connectivity index is 1.89. The van der Waals surface area contributed by atoms with Crippen molar-refractivity contribution in [3.63, 3.8) is 0 Å². The summed E-state index contributed by atoms with van der Waals surface area (Å²) in [6.45, 7) is 1.94. The zero-order valence-electron chi connectivity index (χ0n) is 9.80. The van der Waals surface area contributed by atoms with E-state index in [9.17, 15) is 0 Å². The van der Waals surface area contributed by atoms with Gasteiger partial charge in [0.15, 0.2) is 0 Å². The summed E-state index contributed by atoms with van der Waals surface area (Å²) in [6, 6.07) is 8.20. The number of hydrogen-bond donors (Lipinski definition) is 1. The third-order valence-electron chi connectivity index (χ3n) is 3.44. The molecule has 1 N–H and O–H groups in total. The van der Waals surface area contributed by atoms with E-state index in [1.54, 1.807) is 0 Å². The molecule has 17 heavy (non-hydrogen) atoms. The predicted molar refractivity (Wildman–Crippen MR) is 66.8 cm³/mol. The molecule has 1 atom stereocenters. The van der Waals surface area contributed by atoms with Gasteiger partial charge in [-0.1, -0.05) is 6.07 Å². The molecule has 0 radical (unpaired) electrons. The maximum Gasteiger partial charge on any atom is 0.0754 e. The third-order valence-corrected chi connectivity index (χ3v) is 3.44. The molecule has 1 fully saturated rings.